The van der Waals surface area contributed by atoms with E-state index in [0.717, 1.165) is 83.5 Å². The van der Waals surface area contributed by atoms with Crippen LogP contribution < -0.4 is 5.32 Å². The number of unbranched alkanes of at least 4 members (excludes halogenated alkanes) is 44. The van der Waals surface area contributed by atoms with Crippen molar-refractivity contribution in [1.82, 2.24) is 5.32 Å². The summed E-state index contributed by atoms with van der Waals surface area (Å²) in [4.78, 5) is 26.7. The molecule has 1 aliphatic heterocycles. The van der Waals surface area contributed by atoms with Gasteiger partial charge in [-0.05, 0) is 64.2 Å². The molecule has 11 nitrogen and oxygen atoms in total. The minimum Gasteiger partial charge on any atom is -0.454 e. The minimum absolute atomic E-state index is 0.127. The Morgan fingerprint density at radius 2 is 0.802 bits per heavy atom. The van der Waals surface area contributed by atoms with Crippen molar-refractivity contribution in [2.24, 2.45) is 0 Å². The normalized spacial score (nSPS) is 18.5. The Bertz CT molecular complexity index is 1590. The molecule has 8 unspecified atom stereocenters. The molecule has 1 fully saturated rings. The van der Waals surface area contributed by atoms with E-state index in [1.54, 1.807) is 6.08 Å². The molecule has 0 aromatic carbocycles. The van der Waals surface area contributed by atoms with Crippen LogP contribution in [-0.4, -0.2) is 99.6 Å². The summed E-state index contributed by atoms with van der Waals surface area (Å²) in [6, 6.07) is -1.03. The first-order valence-corrected chi connectivity index (χ1v) is 36.9. The first-order chi connectivity index (χ1) is 42.2. The second kappa shape index (κ2) is 62.8. The summed E-state index contributed by atoms with van der Waals surface area (Å²) in [7, 11) is 0. The SMILES string of the molecule is CCCCC/C=C\C/C=C\C/C=C\CCCCCCCCCC(O)C(=O)NC(COC1OC(CO)C(O)C(O)C1OC(=O)CCCCCCCCCCCCCCCCCCCCCCCCCCC)C(O)/C=C/CCCCCCCCCCCC. The monoisotopic (exact) mass is 1210 g/mol. The summed E-state index contributed by atoms with van der Waals surface area (Å²) in [6.07, 6.45) is 68.7. The Balaban J connectivity index is 2.54. The van der Waals surface area contributed by atoms with Gasteiger partial charge in [-0.3, -0.25) is 9.59 Å². The zero-order valence-electron chi connectivity index (χ0n) is 56.2. The summed E-state index contributed by atoms with van der Waals surface area (Å²) in [5.41, 5.74) is 0. The number of carbonyl (C=O) groups is 2. The lowest BCUT2D eigenvalue weighted by atomic mass is 9.99. The molecule has 0 bridgehead atoms. The minimum atomic E-state index is -1.61. The fourth-order valence-electron chi connectivity index (χ4n) is 11.7. The molecule has 1 saturated heterocycles. The highest BCUT2D eigenvalue weighted by Crippen LogP contribution is 2.26. The largest absolute Gasteiger partial charge is 0.454 e. The summed E-state index contributed by atoms with van der Waals surface area (Å²) >= 11 is 0. The second-order valence-electron chi connectivity index (χ2n) is 25.7. The summed E-state index contributed by atoms with van der Waals surface area (Å²) in [6.45, 7) is 5.81. The quantitative estimate of drug-likeness (QED) is 0.0195. The van der Waals surface area contributed by atoms with Crippen LogP contribution in [-0.2, 0) is 23.8 Å². The maximum atomic E-state index is 13.5. The third kappa shape index (κ3) is 49.4. The van der Waals surface area contributed by atoms with Crippen LogP contribution in [0.25, 0.3) is 0 Å². The summed E-state index contributed by atoms with van der Waals surface area (Å²) in [5.74, 6) is -1.19. The highest BCUT2D eigenvalue weighted by molar-refractivity contribution is 5.80. The highest BCUT2D eigenvalue weighted by atomic mass is 16.7. The van der Waals surface area contributed by atoms with Gasteiger partial charge in [-0.1, -0.05) is 333 Å². The van der Waals surface area contributed by atoms with Gasteiger partial charge >= 0.3 is 5.97 Å². The first-order valence-electron chi connectivity index (χ1n) is 36.9. The molecule has 0 saturated carbocycles. The third-order valence-corrected chi connectivity index (χ3v) is 17.5. The number of carbonyl (C=O) groups excluding carboxylic acids is 2. The fourth-order valence-corrected chi connectivity index (χ4v) is 11.7. The smallest absolute Gasteiger partial charge is 0.306 e. The van der Waals surface area contributed by atoms with Gasteiger partial charge in [-0.25, -0.2) is 0 Å². The summed E-state index contributed by atoms with van der Waals surface area (Å²) < 4.78 is 17.7. The Labute approximate surface area is 529 Å². The zero-order valence-corrected chi connectivity index (χ0v) is 56.2. The third-order valence-electron chi connectivity index (χ3n) is 17.5. The van der Waals surface area contributed by atoms with Crippen LogP contribution in [0.2, 0.25) is 0 Å². The fraction of sp³-hybridized carbons (Fsp3) is 0.867. The van der Waals surface area contributed by atoms with Crippen molar-refractivity contribution in [2.75, 3.05) is 13.2 Å². The molecule has 1 rings (SSSR count). The number of nitrogens with one attached hydrogen (secondary N) is 1. The molecule has 6 N–H and O–H groups in total. The average Bonchev–Trinajstić information content (AvgIpc) is 3.30. The molecule has 8 atom stereocenters. The second-order valence-corrected chi connectivity index (χ2v) is 25.7. The zero-order chi connectivity index (χ0) is 62.4. The first kappa shape index (κ1) is 81.6. The van der Waals surface area contributed by atoms with Crippen molar-refractivity contribution in [3.63, 3.8) is 0 Å². The predicted octanol–water partition coefficient (Wildman–Crippen LogP) is 19.1. The van der Waals surface area contributed by atoms with Gasteiger partial charge in [0.15, 0.2) is 12.4 Å². The Hall–Kier alpha value is -2.38. The van der Waals surface area contributed by atoms with E-state index < -0.39 is 67.4 Å². The van der Waals surface area contributed by atoms with Crippen molar-refractivity contribution in [1.29, 1.82) is 0 Å². The number of ether oxygens (including phenoxy) is 3. The number of aliphatic hydroxyl groups is 5. The number of hydrogen-bond donors (Lipinski definition) is 6. The number of allylic oxidation sites excluding steroid dienone is 7. The number of hydrogen-bond acceptors (Lipinski definition) is 10. The van der Waals surface area contributed by atoms with Gasteiger partial charge in [0, 0.05) is 6.42 Å². The van der Waals surface area contributed by atoms with Crippen molar-refractivity contribution in [3.05, 3.63) is 48.6 Å². The Morgan fingerprint density at radius 1 is 0.453 bits per heavy atom. The maximum absolute atomic E-state index is 13.5. The molecule has 11 heteroatoms. The van der Waals surface area contributed by atoms with Crippen LogP contribution in [0.15, 0.2) is 48.6 Å². The molecule has 0 aromatic rings. The van der Waals surface area contributed by atoms with Crippen LogP contribution in [0.3, 0.4) is 0 Å². The van der Waals surface area contributed by atoms with Gasteiger partial charge in [0.25, 0.3) is 0 Å². The Morgan fingerprint density at radius 3 is 1.22 bits per heavy atom. The topological polar surface area (TPSA) is 175 Å². The lowest BCUT2D eigenvalue weighted by Gasteiger charge is -2.41. The lowest BCUT2D eigenvalue weighted by molar-refractivity contribution is -0.305. The van der Waals surface area contributed by atoms with E-state index in [1.807, 2.05) is 6.08 Å². The molecule has 0 radical (unpaired) electrons. The molecule has 86 heavy (non-hydrogen) atoms. The molecule has 1 heterocycles. The number of aliphatic hydroxyl groups excluding tert-OH is 5. The van der Waals surface area contributed by atoms with Crippen molar-refractivity contribution < 1.29 is 49.3 Å². The summed E-state index contributed by atoms with van der Waals surface area (Å²) in [5, 5.41) is 57.3. The van der Waals surface area contributed by atoms with E-state index in [-0.39, 0.29) is 19.4 Å². The number of esters is 1. The van der Waals surface area contributed by atoms with Crippen LogP contribution in [0.5, 0.6) is 0 Å². The van der Waals surface area contributed by atoms with Crippen LogP contribution in [0.4, 0.5) is 0 Å². The van der Waals surface area contributed by atoms with Crippen LogP contribution >= 0.6 is 0 Å². The van der Waals surface area contributed by atoms with Gasteiger partial charge in [0.2, 0.25) is 5.91 Å². The predicted molar refractivity (Wildman–Crippen MR) is 361 cm³/mol. The molecule has 0 spiro atoms. The van der Waals surface area contributed by atoms with Gasteiger partial charge in [0.05, 0.1) is 25.4 Å². The molecule has 0 aromatic heterocycles. The van der Waals surface area contributed by atoms with E-state index in [2.05, 4.69) is 62.5 Å². The maximum Gasteiger partial charge on any atom is 0.306 e. The van der Waals surface area contributed by atoms with Crippen molar-refractivity contribution in [3.8, 4) is 0 Å². The van der Waals surface area contributed by atoms with Gasteiger partial charge in [-0.2, -0.15) is 0 Å². The molecule has 0 aliphatic carbocycles. The number of rotatable bonds is 64. The lowest BCUT2D eigenvalue weighted by Crippen LogP contribution is -2.61. The van der Waals surface area contributed by atoms with Crippen molar-refractivity contribution in [2.45, 2.75) is 404 Å². The standard InChI is InChI=1S/C75H139NO10/c1-4-7-10-13-16-19-22-25-27-29-31-33-34-35-36-37-39-41-43-45-48-51-54-57-60-63-70(80)86-73-72(82)71(81)69(64-77)85-75(73)84-65-66(67(78)61-58-55-52-49-46-24-21-18-15-12-9-6-3)76-74(83)68(79)62-59-56-53-50-47-44-42-40-38-32-30-28-26-23-20-17-14-11-8-5-2/h17,20,26,28,32,38,58,61,66-69,71-73,75,77-79,81-82H,4-16,18-19,21-25,27,29-31,33-37,39-57,59-60,62-65H2,1-3H3,(H,76,83)/b20-17-,28-26-,38-32-,61-58+. The highest BCUT2D eigenvalue weighted by Gasteiger charge is 2.47. The van der Waals surface area contributed by atoms with Crippen LogP contribution in [0.1, 0.15) is 355 Å². The van der Waals surface area contributed by atoms with Gasteiger partial charge in [-0.15, -0.1) is 0 Å². The average molecular weight is 1210 g/mol. The van der Waals surface area contributed by atoms with Crippen molar-refractivity contribution >= 4 is 11.9 Å². The molecule has 1 aliphatic rings. The molecule has 1 amide bonds. The molecular formula is C75H139NO10. The number of amides is 1. The van der Waals surface area contributed by atoms with E-state index in [0.29, 0.717) is 12.8 Å². The molecular weight excluding hydrogens is 1070 g/mol. The van der Waals surface area contributed by atoms with Gasteiger partial charge in [0.1, 0.15) is 24.4 Å². The molecule has 504 valence electrons. The van der Waals surface area contributed by atoms with Gasteiger partial charge < -0.3 is 45.1 Å². The van der Waals surface area contributed by atoms with E-state index in [9.17, 15) is 35.1 Å². The van der Waals surface area contributed by atoms with E-state index in [1.165, 1.54) is 225 Å². The van der Waals surface area contributed by atoms with Crippen LogP contribution in [0, 0.1) is 0 Å². The van der Waals surface area contributed by atoms with E-state index in [4.69, 9.17) is 14.2 Å². The van der Waals surface area contributed by atoms with E-state index >= 15 is 0 Å². The Kier molecular flexibility index (Phi) is 59.6.